The molecule has 0 aliphatic carbocycles. The Balaban J connectivity index is 1.60. The quantitative estimate of drug-likeness (QED) is 0.827. The van der Waals surface area contributed by atoms with Crippen LogP contribution in [-0.4, -0.2) is 41.4 Å². The van der Waals surface area contributed by atoms with E-state index in [-0.39, 0.29) is 11.9 Å². The topological polar surface area (TPSA) is 77.7 Å². The zero-order chi connectivity index (χ0) is 18.7. The van der Waals surface area contributed by atoms with Crippen molar-refractivity contribution in [2.45, 2.75) is 39.5 Å². The summed E-state index contributed by atoms with van der Waals surface area (Å²) in [5.74, 6) is 1.90. The van der Waals surface area contributed by atoms with Crippen LogP contribution < -0.4 is 4.74 Å². The maximum atomic E-state index is 12.0. The second-order valence-electron chi connectivity index (χ2n) is 7.52. The van der Waals surface area contributed by atoms with E-state index in [1.807, 2.05) is 45.0 Å². The number of methoxy groups -OCH3 is 1. The summed E-state index contributed by atoms with van der Waals surface area (Å²) in [6.45, 7) is 6.86. The van der Waals surface area contributed by atoms with Gasteiger partial charge >= 0.3 is 5.97 Å². The molecule has 0 bridgehead atoms. The molecule has 0 saturated carbocycles. The lowest BCUT2D eigenvalue weighted by Gasteiger charge is -2.30. The van der Waals surface area contributed by atoms with Gasteiger partial charge in [-0.3, -0.25) is 0 Å². The molecule has 1 aliphatic rings. The standard InChI is InChI=1S/C19H25N3O4/c1-19(2,3)18(23)26-22-10-8-13(9-11-22)17-20-16(21-25-17)14-6-5-7-15(12-14)24-4/h5-7,12-13H,8-11H2,1-4H3. The van der Waals surface area contributed by atoms with Gasteiger partial charge in [0, 0.05) is 24.6 Å². The number of hydrogen-bond donors (Lipinski definition) is 0. The zero-order valence-corrected chi connectivity index (χ0v) is 15.7. The normalized spacial score (nSPS) is 16.5. The molecule has 0 radical (unpaired) electrons. The third-order valence-corrected chi connectivity index (χ3v) is 4.40. The fraction of sp³-hybridized carbons (Fsp3) is 0.526. The van der Waals surface area contributed by atoms with Crippen molar-refractivity contribution in [1.29, 1.82) is 0 Å². The number of benzene rings is 1. The highest BCUT2D eigenvalue weighted by Crippen LogP contribution is 2.30. The van der Waals surface area contributed by atoms with Gasteiger partial charge in [0.05, 0.1) is 12.5 Å². The van der Waals surface area contributed by atoms with E-state index in [1.54, 1.807) is 12.2 Å². The van der Waals surface area contributed by atoms with E-state index in [0.717, 1.165) is 24.2 Å². The van der Waals surface area contributed by atoms with Gasteiger partial charge in [0.1, 0.15) is 5.75 Å². The molecule has 2 aromatic rings. The summed E-state index contributed by atoms with van der Waals surface area (Å²) >= 11 is 0. The summed E-state index contributed by atoms with van der Waals surface area (Å²) in [4.78, 5) is 22.0. The van der Waals surface area contributed by atoms with Crippen LogP contribution in [0.2, 0.25) is 0 Å². The van der Waals surface area contributed by atoms with Crippen LogP contribution in [0.25, 0.3) is 11.4 Å². The van der Waals surface area contributed by atoms with Crippen molar-refractivity contribution < 1.29 is 18.9 Å². The molecule has 1 saturated heterocycles. The Hall–Kier alpha value is -2.41. The van der Waals surface area contributed by atoms with E-state index in [2.05, 4.69) is 10.1 Å². The number of piperidine rings is 1. The van der Waals surface area contributed by atoms with Crippen LogP contribution in [0, 0.1) is 5.41 Å². The van der Waals surface area contributed by atoms with E-state index in [0.29, 0.717) is 24.8 Å². The van der Waals surface area contributed by atoms with Gasteiger partial charge in [0.25, 0.3) is 0 Å². The highest BCUT2D eigenvalue weighted by atomic mass is 16.7. The number of carbonyl (C=O) groups excluding carboxylic acids is 1. The lowest BCUT2D eigenvalue weighted by atomic mass is 9.97. The zero-order valence-electron chi connectivity index (χ0n) is 15.7. The molecule has 0 N–H and O–H groups in total. The minimum absolute atomic E-state index is 0.173. The summed E-state index contributed by atoms with van der Waals surface area (Å²) in [5.41, 5.74) is 0.352. The Morgan fingerprint density at radius 1 is 1.27 bits per heavy atom. The second kappa shape index (κ2) is 7.45. The smallest absolute Gasteiger partial charge is 0.330 e. The van der Waals surface area contributed by atoms with Crippen LogP contribution in [0.3, 0.4) is 0 Å². The molecule has 7 nitrogen and oxygen atoms in total. The predicted octanol–water partition coefficient (Wildman–Crippen LogP) is 3.43. The number of hydroxylamine groups is 2. The molecule has 3 rings (SSSR count). The first kappa shape index (κ1) is 18.4. The van der Waals surface area contributed by atoms with Crippen LogP contribution in [0.4, 0.5) is 0 Å². The number of carbonyl (C=O) groups is 1. The summed E-state index contributed by atoms with van der Waals surface area (Å²) in [6.07, 6.45) is 1.61. The van der Waals surface area contributed by atoms with Gasteiger partial charge < -0.3 is 14.1 Å². The lowest BCUT2D eigenvalue weighted by Crippen LogP contribution is -2.38. The van der Waals surface area contributed by atoms with Crippen LogP contribution in [0.5, 0.6) is 5.75 Å². The molecule has 0 spiro atoms. The predicted molar refractivity (Wildman–Crippen MR) is 95.4 cm³/mol. The molecule has 1 aliphatic heterocycles. The van der Waals surface area contributed by atoms with Crippen molar-refractivity contribution >= 4 is 5.97 Å². The molecular weight excluding hydrogens is 334 g/mol. The third-order valence-electron chi connectivity index (χ3n) is 4.40. The fourth-order valence-corrected chi connectivity index (χ4v) is 2.73. The molecule has 0 amide bonds. The number of nitrogens with zero attached hydrogens (tertiary/aromatic N) is 3. The minimum Gasteiger partial charge on any atom is -0.497 e. The Morgan fingerprint density at radius 2 is 2.00 bits per heavy atom. The number of hydrogen-bond acceptors (Lipinski definition) is 7. The van der Waals surface area contributed by atoms with Crippen molar-refractivity contribution in [3.05, 3.63) is 30.2 Å². The van der Waals surface area contributed by atoms with Gasteiger partial charge in [-0.25, -0.2) is 4.79 Å². The molecule has 1 fully saturated rings. The summed E-state index contributed by atoms with van der Waals surface area (Å²) in [7, 11) is 1.63. The summed E-state index contributed by atoms with van der Waals surface area (Å²) < 4.78 is 10.7. The maximum Gasteiger partial charge on any atom is 0.330 e. The Morgan fingerprint density at radius 3 is 2.65 bits per heavy atom. The molecule has 1 aromatic carbocycles. The largest absolute Gasteiger partial charge is 0.497 e. The van der Waals surface area contributed by atoms with Gasteiger partial charge in [-0.05, 0) is 45.7 Å². The van der Waals surface area contributed by atoms with Gasteiger partial charge in [0.15, 0.2) is 0 Å². The van der Waals surface area contributed by atoms with Crippen LogP contribution in [0.15, 0.2) is 28.8 Å². The first-order valence-electron chi connectivity index (χ1n) is 8.82. The molecule has 140 valence electrons. The van der Waals surface area contributed by atoms with E-state index < -0.39 is 5.41 Å². The summed E-state index contributed by atoms with van der Waals surface area (Å²) in [5, 5.41) is 5.82. The van der Waals surface area contributed by atoms with Crippen LogP contribution >= 0.6 is 0 Å². The first-order valence-corrected chi connectivity index (χ1v) is 8.82. The highest BCUT2D eigenvalue weighted by molar-refractivity contribution is 5.75. The molecular formula is C19H25N3O4. The third kappa shape index (κ3) is 4.22. The van der Waals surface area contributed by atoms with Gasteiger partial charge in [-0.2, -0.15) is 4.98 Å². The van der Waals surface area contributed by atoms with Gasteiger partial charge in [-0.15, -0.1) is 5.06 Å². The highest BCUT2D eigenvalue weighted by Gasteiger charge is 2.30. The Kier molecular flexibility index (Phi) is 5.27. The molecule has 0 atom stereocenters. The van der Waals surface area contributed by atoms with E-state index in [4.69, 9.17) is 14.1 Å². The molecule has 1 aromatic heterocycles. The number of aromatic nitrogens is 2. The average Bonchev–Trinajstić information content (AvgIpc) is 3.12. The molecule has 26 heavy (non-hydrogen) atoms. The van der Waals surface area contributed by atoms with Crippen molar-refractivity contribution in [2.75, 3.05) is 20.2 Å². The minimum atomic E-state index is -0.505. The second-order valence-corrected chi connectivity index (χ2v) is 7.52. The summed E-state index contributed by atoms with van der Waals surface area (Å²) in [6, 6.07) is 7.57. The first-order chi connectivity index (χ1) is 12.4. The lowest BCUT2D eigenvalue weighted by molar-refractivity contribution is -0.204. The molecule has 7 heteroatoms. The fourth-order valence-electron chi connectivity index (χ4n) is 2.73. The van der Waals surface area contributed by atoms with E-state index in [9.17, 15) is 4.79 Å². The SMILES string of the molecule is COc1cccc(-c2noc(C3CCN(OC(=O)C(C)(C)C)CC3)n2)c1. The molecule has 0 unspecified atom stereocenters. The van der Waals surface area contributed by atoms with Gasteiger partial charge in [-0.1, -0.05) is 17.3 Å². The van der Waals surface area contributed by atoms with Crippen LogP contribution in [-0.2, 0) is 9.63 Å². The van der Waals surface area contributed by atoms with Crippen molar-refractivity contribution in [3.8, 4) is 17.1 Å². The monoisotopic (exact) mass is 359 g/mol. The Labute approximate surface area is 153 Å². The number of ether oxygens (including phenoxy) is 1. The van der Waals surface area contributed by atoms with Crippen molar-refractivity contribution in [2.24, 2.45) is 5.41 Å². The van der Waals surface area contributed by atoms with E-state index >= 15 is 0 Å². The average molecular weight is 359 g/mol. The Bertz CT molecular complexity index is 758. The molecule has 2 heterocycles. The maximum absolute atomic E-state index is 12.0. The van der Waals surface area contributed by atoms with Crippen molar-refractivity contribution in [1.82, 2.24) is 15.2 Å². The van der Waals surface area contributed by atoms with Gasteiger partial charge in [0.2, 0.25) is 11.7 Å². The van der Waals surface area contributed by atoms with Crippen LogP contribution in [0.1, 0.15) is 45.4 Å². The van der Waals surface area contributed by atoms with E-state index in [1.165, 1.54) is 0 Å². The number of rotatable bonds is 4. The van der Waals surface area contributed by atoms with Crippen molar-refractivity contribution in [3.63, 3.8) is 0 Å².